The standard InChI is InChI=1S/C23H30N2O3/c1-8-10-20(19(5)26)11-9-12-24-18(4)23-16(2)13-21(14-17(23)3)28-15-22(27)25(6)7/h8-14H,15H2,1-7H3/b10-8+,12-9+,20-11+,24-18?. The maximum atomic E-state index is 11.7. The lowest BCUT2D eigenvalue weighted by molar-refractivity contribution is -0.130. The second kappa shape index (κ2) is 11.0. The monoisotopic (exact) mass is 382 g/mol. The number of aryl methyl sites for hydroxylation is 2. The largest absolute Gasteiger partial charge is 0.484 e. The third-order valence-corrected chi connectivity index (χ3v) is 4.11. The molecule has 0 heterocycles. The molecule has 0 spiro atoms. The third kappa shape index (κ3) is 6.99. The van der Waals surface area contributed by atoms with Crippen LogP contribution < -0.4 is 4.74 Å². The second-order valence-corrected chi connectivity index (χ2v) is 6.74. The minimum atomic E-state index is -0.0850. The number of carbonyl (C=O) groups excluding carboxylic acids is 2. The van der Waals surface area contributed by atoms with Gasteiger partial charge >= 0.3 is 0 Å². The topological polar surface area (TPSA) is 59.0 Å². The first-order valence-electron chi connectivity index (χ1n) is 9.16. The molecule has 0 bridgehead atoms. The van der Waals surface area contributed by atoms with Gasteiger partial charge in [0.25, 0.3) is 5.91 Å². The zero-order chi connectivity index (χ0) is 21.3. The average Bonchev–Trinajstić information content (AvgIpc) is 2.61. The first-order chi connectivity index (χ1) is 13.2. The van der Waals surface area contributed by atoms with Crippen LogP contribution in [0.1, 0.15) is 37.5 Å². The molecule has 0 aliphatic carbocycles. The molecule has 0 saturated carbocycles. The van der Waals surface area contributed by atoms with Crippen molar-refractivity contribution >= 4 is 17.4 Å². The molecule has 28 heavy (non-hydrogen) atoms. The van der Waals surface area contributed by atoms with Gasteiger partial charge in [-0.2, -0.15) is 0 Å². The third-order valence-electron chi connectivity index (χ3n) is 4.11. The van der Waals surface area contributed by atoms with E-state index in [0.717, 1.165) is 22.4 Å². The van der Waals surface area contributed by atoms with Crippen molar-refractivity contribution in [2.24, 2.45) is 4.99 Å². The van der Waals surface area contributed by atoms with Crippen molar-refractivity contribution < 1.29 is 14.3 Å². The van der Waals surface area contributed by atoms with Crippen LogP contribution in [-0.4, -0.2) is 43.0 Å². The molecule has 1 aromatic rings. The lowest BCUT2D eigenvalue weighted by Crippen LogP contribution is -2.27. The molecule has 0 aliphatic heterocycles. The summed E-state index contributed by atoms with van der Waals surface area (Å²) < 4.78 is 5.60. The van der Waals surface area contributed by atoms with Gasteiger partial charge < -0.3 is 9.64 Å². The summed E-state index contributed by atoms with van der Waals surface area (Å²) in [4.78, 5) is 29.2. The van der Waals surface area contributed by atoms with E-state index in [9.17, 15) is 9.59 Å². The second-order valence-electron chi connectivity index (χ2n) is 6.74. The highest BCUT2D eigenvalue weighted by molar-refractivity contribution is 6.01. The molecule has 0 fully saturated rings. The summed E-state index contributed by atoms with van der Waals surface area (Å²) in [5, 5.41) is 0. The van der Waals surface area contributed by atoms with Gasteiger partial charge in [0.2, 0.25) is 0 Å². The molecule has 0 radical (unpaired) electrons. The molecule has 150 valence electrons. The molecule has 0 atom stereocenters. The minimum Gasteiger partial charge on any atom is -0.484 e. The number of likely N-dealkylation sites (N-methyl/N-ethyl adjacent to an activating group) is 1. The summed E-state index contributed by atoms with van der Waals surface area (Å²) in [7, 11) is 3.40. The molecule has 0 saturated heterocycles. The number of nitrogens with zero attached hydrogens (tertiary/aromatic N) is 2. The van der Waals surface area contributed by atoms with Crippen LogP contribution in [0.3, 0.4) is 0 Å². The van der Waals surface area contributed by atoms with Crippen molar-refractivity contribution in [3.05, 3.63) is 64.9 Å². The summed E-state index contributed by atoms with van der Waals surface area (Å²) >= 11 is 0. The number of amides is 1. The molecule has 0 aliphatic rings. The van der Waals surface area contributed by atoms with Crippen molar-refractivity contribution in [3.63, 3.8) is 0 Å². The molecule has 1 aromatic carbocycles. The number of ether oxygens (including phenoxy) is 1. The van der Waals surface area contributed by atoms with Gasteiger partial charge in [0.1, 0.15) is 5.75 Å². The summed E-state index contributed by atoms with van der Waals surface area (Å²) in [5.41, 5.74) is 4.59. The van der Waals surface area contributed by atoms with Crippen molar-refractivity contribution in [2.75, 3.05) is 20.7 Å². The van der Waals surface area contributed by atoms with Crippen molar-refractivity contribution in [3.8, 4) is 5.75 Å². The van der Waals surface area contributed by atoms with Crippen LogP contribution in [0, 0.1) is 13.8 Å². The van der Waals surface area contributed by atoms with Crippen LogP contribution in [0.2, 0.25) is 0 Å². The molecule has 0 unspecified atom stereocenters. The van der Waals surface area contributed by atoms with E-state index in [-0.39, 0.29) is 18.3 Å². The maximum absolute atomic E-state index is 11.7. The highest BCUT2D eigenvalue weighted by atomic mass is 16.5. The zero-order valence-corrected chi connectivity index (χ0v) is 17.9. The van der Waals surface area contributed by atoms with Gasteiger partial charge in [-0.25, -0.2) is 0 Å². The van der Waals surface area contributed by atoms with Crippen LogP contribution in [0.4, 0.5) is 0 Å². The first-order valence-corrected chi connectivity index (χ1v) is 9.16. The van der Waals surface area contributed by atoms with Gasteiger partial charge in [0, 0.05) is 37.1 Å². The number of benzene rings is 1. The average molecular weight is 383 g/mol. The number of rotatable bonds is 8. The number of ketones is 1. The quantitative estimate of drug-likeness (QED) is 0.385. The van der Waals surface area contributed by atoms with Crippen LogP contribution in [0.5, 0.6) is 5.75 Å². The number of hydrogen-bond acceptors (Lipinski definition) is 4. The lowest BCUT2D eigenvalue weighted by Gasteiger charge is -2.14. The Morgan fingerprint density at radius 3 is 2.25 bits per heavy atom. The molecular formula is C23H30N2O3. The van der Waals surface area contributed by atoms with Gasteiger partial charge in [-0.15, -0.1) is 0 Å². The number of Topliss-reactive ketones (excluding diaryl/α,β-unsaturated/α-hetero) is 1. The molecule has 0 aromatic heterocycles. The Kier molecular flexibility index (Phi) is 9.09. The summed E-state index contributed by atoms with van der Waals surface area (Å²) in [6, 6.07) is 3.82. The first kappa shape index (κ1) is 23.1. The number of hydrogen-bond donors (Lipinski definition) is 0. The Balaban J connectivity index is 2.99. The number of allylic oxidation sites excluding steroid dienone is 5. The lowest BCUT2D eigenvalue weighted by atomic mass is 9.99. The van der Waals surface area contributed by atoms with E-state index < -0.39 is 0 Å². The molecular weight excluding hydrogens is 352 g/mol. The Labute approximate surface area is 168 Å². The van der Waals surface area contributed by atoms with Crippen molar-refractivity contribution in [2.45, 2.75) is 34.6 Å². The van der Waals surface area contributed by atoms with Gasteiger partial charge in [0.05, 0.1) is 0 Å². The minimum absolute atomic E-state index is 0.0120. The summed E-state index contributed by atoms with van der Waals surface area (Å²) in [6.45, 7) is 9.35. The van der Waals surface area contributed by atoms with Crippen LogP contribution in [0.25, 0.3) is 0 Å². The Bertz CT molecular complexity index is 820. The Morgan fingerprint density at radius 1 is 1.14 bits per heavy atom. The van der Waals surface area contributed by atoms with Gasteiger partial charge in [-0.05, 0) is 70.0 Å². The van der Waals surface area contributed by atoms with E-state index in [2.05, 4.69) is 4.99 Å². The number of carbonyl (C=O) groups is 2. The molecule has 5 nitrogen and oxygen atoms in total. The fourth-order valence-electron chi connectivity index (χ4n) is 2.69. The molecule has 5 heteroatoms. The van der Waals surface area contributed by atoms with E-state index in [0.29, 0.717) is 11.3 Å². The maximum Gasteiger partial charge on any atom is 0.259 e. The van der Waals surface area contributed by atoms with E-state index in [1.54, 1.807) is 38.5 Å². The fraction of sp³-hybridized carbons (Fsp3) is 0.348. The van der Waals surface area contributed by atoms with Crippen molar-refractivity contribution in [1.29, 1.82) is 0 Å². The summed E-state index contributed by atoms with van der Waals surface area (Å²) in [5.74, 6) is 0.592. The normalized spacial score (nSPS) is 12.7. The van der Waals surface area contributed by atoms with Gasteiger partial charge in [-0.1, -0.05) is 12.2 Å². The van der Waals surface area contributed by atoms with E-state index in [1.165, 1.54) is 11.8 Å². The number of aliphatic imine (C=N–C) groups is 1. The SMILES string of the molecule is C/C=C/C(=C\C=C\N=C(C)c1c(C)cc(OCC(=O)N(C)C)cc1C)C(C)=O. The Hall–Kier alpha value is -2.95. The fourth-order valence-corrected chi connectivity index (χ4v) is 2.69. The van der Waals surface area contributed by atoms with E-state index >= 15 is 0 Å². The van der Waals surface area contributed by atoms with E-state index in [4.69, 9.17) is 4.74 Å². The van der Waals surface area contributed by atoms with Crippen molar-refractivity contribution in [1.82, 2.24) is 4.90 Å². The van der Waals surface area contributed by atoms with Gasteiger partial charge in [0.15, 0.2) is 12.4 Å². The zero-order valence-electron chi connectivity index (χ0n) is 17.9. The van der Waals surface area contributed by atoms with Gasteiger partial charge in [-0.3, -0.25) is 14.6 Å². The van der Waals surface area contributed by atoms with Crippen LogP contribution >= 0.6 is 0 Å². The molecule has 1 rings (SSSR count). The smallest absolute Gasteiger partial charge is 0.259 e. The molecule has 1 amide bonds. The van der Waals surface area contributed by atoms with E-state index in [1.807, 2.05) is 45.9 Å². The predicted octanol–water partition coefficient (Wildman–Crippen LogP) is 4.18. The molecule has 0 N–H and O–H groups in total. The van der Waals surface area contributed by atoms with Crippen LogP contribution in [-0.2, 0) is 9.59 Å². The van der Waals surface area contributed by atoms with Crippen LogP contribution in [0.15, 0.2) is 53.2 Å². The predicted molar refractivity (Wildman–Crippen MR) is 115 cm³/mol. The highest BCUT2D eigenvalue weighted by Crippen LogP contribution is 2.23. The summed E-state index contributed by atoms with van der Waals surface area (Å²) in [6.07, 6.45) is 8.79. The highest BCUT2D eigenvalue weighted by Gasteiger charge is 2.10. The Morgan fingerprint density at radius 2 is 1.75 bits per heavy atom.